The fourth-order valence-corrected chi connectivity index (χ4v) is 2.37. The van der Waals surface area contributed by atoms with Crippen LogP contribution in [0.5, 0.6) is 0 Å². The SMILES string of the molecule is Cc1cc(NN)sc1C(=O)Nc1ccccc1. The van der Waals surface area contributed by atoms with Crippen LogP contribution in [-0.2, 0) is 0 Å². The van der Waals surface area contributed by atoms with Crippen LogP contribution in [0.15, 0.2) is 36.4 Å². The van der Waals surface area contributed by atoms with E-state index in [1.54, 1.807) is 0 Å². The van der Waals surface area contributed by atoms with Crippen molar-refractivity contribution in [2.75, 3.05) is 10.7 Å². The van der Waals surface area contributed by atoms with Crippen molar-refractivity contribution in [3.63, 3.8) is 0 Å². The third-order valence-corrected chi connectivity index (χ3v) is 3.47. The maximum Gasteiger partial charge on any atom is 0.266 e. The number of hydrogen-bond donors (Lipinski definition) is 3. The van der Waals surface area contributed by atoms with Crippen LogP contribution in [0.4, 0.5) is 10.7 Å². The molecule has 0 saturated heterocycles. The topological polar surface area (TPSA) is 67.1 Å². The highest BCUT2D eigenvalue weighted by atomic mass is 32.1. The zero-order chi connectivity index (χ0) is 12.3. The molecule has 4 N–H and O–H groups in total. The van der Waals surface area contributed by atoms with E-state index in [1.807, 2.05) is 43.3 Å². The van der Waals surface area contributed by atoms with Crippen LogP contribution in [0.25, 0.3) is 0 Å². The first-order valence-electron chi connectivity index (χ1n) is 5.14. The number of nitrogen functional groups attached to an aromatic ring is 1. The molecular formula is C12H13N3OS. The van der Waals surface area contributed by atoms with Crippen LogP contribution >= 0.6 is 11.3 Å². The number of hydrazine groups is 1. The summed E-state index contributed by atoms with van der Waals surface area (Å²) in [5.74, 6) is 5.20. The van der Waals surface area contributed by atoms with E-state index in [0.29, 0.717) is 4.88 Å². The van der Waals surface area contributed by atoms with Crippen LogP contribution < -0.4 is 16.6 Å². The number of aryl methyl sites for hydroxylation is 1. The number of thiophene rings is 1. The number of carbonyl (C=O) groups is 1. The van der Waals surface area contributed by atoms with Gasteiger partial charge in [0, 0.05) is 5.69 Å². The van der Waals surface area contributed by atoms with Crippen LogP contribution in [0.1, 0.15) is 15.2 Å². The molecule has 0 aliphatic carbocycles. The zero-order valence-electron chi connectivity index (χ0n) is 9.36. The van der Waals surface area contributed by atoms with Gasteiger partial charge in [0.25, 0.3) is 5.91 Å². The average molecular weight is 247 g/mol. The van der Waals surface area contributed by atoms with Gasteiger partial charge in [-0.05, 0) is 30.7 Å². The molecule has 0 fully saturated rings. The molecule has 0 saturated carbocycles. The molecule has 88 valence electrons. The quantitative estimate of drug-likeness (QED) is 0.577. The Bertz CT molecular complexity index is 522. The Morgan fingerprint density at radius 2 is 2.00 bits per heavy atom. The molecule has 4 nitrogen and oxygen atoms in total. The van der Waals surface area contributed by atoms with Gasteiger partial charge in [-0.1, -0.05) is 18.2 Å². The average Bonchev–Trinajstić information content (AvgIpc) is 2.72. The summed E-state index contributed by atoms with van der Waals surface area (Å²) in [5.41, 5.74) is 4.24. The zero-order valence-corrected chi connectivity index (χ0v) is 10.2. The molecule has 0 atom stereocenters. The standard InChI is InChI=1S/C12H13N3OS/c1-8-7-10(15-13)17-11(8)12(16)14-9-5-3-2-4-6-9/h2-7,15H,13H2,1H3,(H,14,16). The fraction of sp³-hybridized carbons (Fsp3) is 0.0833. The van der Waals surface area contributed by atoms with Gasteiger partial charge in [-0.25, -0.2) is 5.84 Å². The second-order valence-electron chi connectivity index (χ2n) is 3.59. The van der Waals surface area contributed by atoms with Gasteiger partial charge in [-0.2, -0.15) is 0 Å². The Morgan fingerprint density at radius 3 is 2.59 bits per heavy atom. The van der Waals surface area contributed by atoms with E-state index in [0.717, 1.165) is 16.3 Å². The Kier molecular flexibility index (Phi) is 3.41. The second-order valence-corrected chi connectivity index (χ2v) is 4.64. The van der Waals surface area contributed by atoms with Gasteiger partial charge < -0.3 is 10.7 Å². The number of nitrogens with two attached hydrogens (primary N) is 1. The van der Waals surface area contributed by atoms with Crippen molar-refractivity contribution in [3.05, 3.63) is 46.8 Å². The predicted octanol–water partition coefficient (Wildman–Crippen LogP) is 2.59. The van der Waals surface area contributed by atoms with Gasteiger partial charge in [0.15, 0.2) is 0 Å². The molecule has 0 bridgehead atoms. The molecular weight excluding hydrogens is 234 g/mol. The minimum atomic E-state index is -0.111. The molecule has 2 rings (SSSR count). The van der Waals surface area contributed by atoms with Crippen molar-refractivity contribution in [3.8, 4) is 0 Å². The number of hydrogen-bond acceptors (Lipinski definition) is 4. The molecule has 2 aromatic rings. The molecule has 0 aliphatic rings. The van der Waals surface area contributed by atoms with Gasteiger partial charge >= 0.3 is 0 Å². The number of carbonyl (C=O) groups excluding carboxylic acids is 1. The summed E-state index contributed by atoms with van der Waals surface area (Å²) in [7, 11) is 0. The van der Waals surface area contributed by atoms with Crippen molar-refractivity contribution < 1.29 is 4.79 Å². The van der Waals surface area contributed by atoms with E-state index in [9.17, 15) is 4.79 Å². The van der Waals surface area contributed by atoms with Crippen molar-refractivity contribution in [1.29, 1.82) is 0 Å². The highest BCUT2D eigenvalue weighted by Crippen LogP contribution is 2.26. The molecule has 0 aliphatic heterocycles. The summed E-state index contributed by atoms with van der Waals surface area (Å²) < 4.78 is 0. The largest absolute Gasteiger partial charge is 0.321 e. The molecule has 1 amide bonds. The van der Waals surface area contributed by atoms with Crippen LogP contribution in [-0.4, -0.2) is 5.91 Å². The van der Waals surface area contributed by atoms with Gasteiger partial charge in [-0.3, -0.25) is 4.79 Å². The number of benzene rings is 1. The first kappa shape index (κ1) is 11.6. The first-order chi connectivity index (χ1) is 8.20. The lowest BCUT2D eigenvalue weighted by Gasteiger charge is -2.03. The Hall–Kier alpha value is -1.85. The van der Waals surface area contributed by atoms with E-state index in [2.05, 4.69) is 10.7 Å². The lowest BCUT2D eigenvalue weighted by atomic mass is 10.2. The monoisotopic (exact) mass is 247 g/mol. The minimum Gasteiger partial charge on any atom is -0.321 e. The van der Waals surface area contributed by atoms with Gasteiger partial charge in [-0.15, -0.1) is 11.3 Å². The van der Waals surface area contributed by atoms with Crippen molar-refractivity contribution in [2.24, 2.45) is 5.84 Å². The summed E-state index contributed by atoms with van der Waals surface area (Å²) in [6, 6.07) is 11.2. The smallest absolute Gasteiger partial charge is 0.266 e. The third-order valence-electron chi connectivity index (χ3n) is 2.30. The van der Waals surface area contributed by atoms with Gasteiger partial charge in [0.1, 0.15) is 5.00 Å². The van der Waals surface area contributed by atoms with Crippen LogP contribution in [0.3, 0.4) is 0 Å². The fourth-order valence-electron chi connectivity index (χ4n) is 1.49. The van der Waals surface area contributed by atoms with E-state index in [-0.39, 0.29) is 5.91 Å². The van der Waals surface area contributed by atoms with E-state index in [4.69, 9.17) is 5.84 Å². The van der Waals surface area contributed by atoms with Crippen LogP contribution in [0.2, 0.25) is 0 Å². The van der Waals surface area contributed by atoms with Gasteiger partial charge in [0.05, 0.1) is 4.88 Å². The minimum absolute atomic E-state index is 0.111. The maximum absolute atomic E-state index is 12.0. The van der Waals surface area contributed by atoms with E-state index < -0.39 is 0 Å². The van der Waals surface area contributed by atoms with Crippen molar-refractivity contribution in [2.45, 2.75) is 6.92 Å². The summed E-state index contributed by atoms with van der Waals surface area (Å²) in [6.45, 7) is 1.89. The second kappa shape index (κ2) is 4.99. The van der Waals surface area contributed by atoms with Crippen molar-refractivity contribution in [1.82, 2.24) is 0 Å². The number of anilines is 2. The number of rotatable bonds is 3. The van der Waals surface area contributed by atoms with Crippen molar-refractivity contribution >= 4 is 27.9 Å². The Balaban J connectivity index is 2.17. The maximum atomic E-state index is 12.0. The van der Waals surface area contributed by atoms with Gasteiger partial charge in [0.2, 0.25) is 0 Å². The molecule has 0 spiro atoms. The Labute approximate surface area is 103 Å². The third kappa shape index (κ3) is 2.64. The lowest BCUT2D eigenvalue weighted by Crippen LogP contribution is -2.11. The Morgan fingerprint density at radius 1 is 1.29 bits per heavy atom. The summed E-state index contributed by atoms with van der Waals surface area (Å²) in [4.78, 5) is 12.7. The molecule has 1 aromatic heterocycles. The molecule has 0 radical (unpaired) electrons. The number of nitrogens with one attached hydrogen (secondary N) is 2. The summed E-state index contributed by atoms with van der Waals surface area (Å²) >= 11 is 1.34. The number of amides is 1. The molecule has 1 heterocycles. The first-order valence-corrected chi connectivity index (χ1v) is 5.96. The lowest BCUT2D eigenvalue weighted by molar-refractivity contribution is 0.103. The molecule has 5 heteroatoms. The highest BCUT2D eigenvalue weighted by Gasteiger charge is 2.13. The predicted molar refractivity (Wildman–Crippen MR) is 71.3 cm³/mol. The summed E-state index contributed by atoms with van der Waals surface area (Å²) in [5, 5.41) is 3.62. The van der Waals surface area contributed by atoms with E-state index in [1.165, 1.54) is 11.3 Å². The number of para-hydroxylation sites is 1. The normalized spacial score (nSPS) is 10.0. The van der Waals surface area contributed by atoms with Crippen LogP contribution in [0, 0.1) is 6.92 Å². The molecule has 1 aromatic carbocycles. The van der Waals surface area contributed by atoms with E-state index >= 15 is 0 Å². The summed E-state index contributed by atoms with van der Waals surface area (Å²) in [6.07, 6.45) is 0. The molecule has 0 unspecified atom stereocenters. The molecule has 17 heavy (non-hydrogen) atoms. The highest BCUT2D eigenvalue weighted by molar-refractivity contribution is 7.18.